The van der Waals surface area contributed by atoms with Gasteiger partial charge in [0, 0.05) is 25.8 Å². The Morgan fingerprint density at radius 2 is 2.10 bits per heavy atom. The molecule has 1 aromatic carbocycles. The fourth-order valence-corrected chi connectivity index (χ4v) is 3.43. The van der Waals surface area contributed by atoms with Crippen LogP contribution in [0.2, 0.25) is 0 Å². The second kappa shape index (κ2) is 7.57. The van der Waals surface area contributed by atoms with Crippen LogP contribution in [0.15, 0.2) is 23.1 Å². The lowest BCUT2D eigenvalue weighted by atomic mass is 10.1. The molecular formula is C15H21NO4S. The third-order valence-corrected chi connectivity index (χ3v) is 5.30. The Kier molecular flexibility index (Phi) is 6.37. The van der Waals surface area contributed by atoms with Crippen molar-refractivity contribution in [2.45, 2.75) is 24.8 Å². The van der Waals surface area contributed by atoms with E-state index in [-0.39, 0.29) is 17.5 Å². The standard InChI is InChI=1S/C15H21NO4S/c1-12-7-8-14(6-5-9-17)10-15(12)21(18,19)16(3)13(2)11-20-4/h7-8,10,13,17H,9,11H2,1-4H3. The first-order valence-electron chi connectivity index (χ1n) is 6.52. The number of sulfonamides is 1. The summed E-state index contributed by atoms with van der Waals surface area (Å²) in [6.07, 6.45) is 0. The molecule has 0 fully saturated rings. The summed E-state index contributed by atoms with van der Waals surface area (Å²) in [4.78, 5) is 0.220. The number of nitrogens with zero attached hydrogens (tertiary/aromatic N) is 1. The van der Waals surface area contributed by atoms with E-state index in [1.54, 1.807) is 26.0 Å². The first-order chi connectivity index (χ1) is 9.84. The minimum Gasteiger partial charge on any atom is -0.384 e. The summed E-state index contributed by atoms with van der Waals surface area (Å²) in [6, 6.07) is 4.70. The zero-order valence-corrected chi connectivity index (χ0v) is 13.6. The molecule has 0 radical (unpaired) electrons. The largest absolute Gasteiger partial charge is 0.384 e. The minimum atomic E-state index is -3.62. The van der Waals surface area contributed by atoms with Gasteiger partial charge in [-0.05, 0) is 31.5 Å². The van der Waals surface area contributed by atoms with E-state index >= 15 is 0 Å². The van der Waals surface area contributed by atoms with Crippen molar-refractivity contribution >= 4 is 10.0 Å². The SMILES string of the molecule is COCC(C)N(C)S(=O)(=O)c1cc(C#CCO)ccc1C. The van der Waals surface area contributed by atoms with Crippen LogP contribution in [0.3, 0.4) is 0 Å². The van der Waals surface area contributed by atoms with E-state index in [9.17, 15) is 8.42 Å². The molecule has 0 bridgehead atoms. The molecule has 0 saturated carbocycles. The lowest BCUT2D eigenvalue weighted by Crippen LogP contribution is -2.38. The number of ether oxygens (including phenoxy) is 1. The number of aliphatic hydroxyl groups excluding tert-OH is 1. The molecule has 116 valence electrons. The average molecular weight is 311 g/mol. The van der Waals surface area contributed by atoms with E-state index in [0.29, 0.717) is 17.7 Å². The van der Waals surface area contributed by atoms with Crippen molar-refractivity contribution in [3.63, 3.8) is 0 Å². The lowest BCUT2D eigenvalue weighted by Gasteiger charge is -2.24. The minimum absolute atomic E-state index is 0.220. The molecule has 1 rings (SSSR count). The van der Waals surface area contributed by atoms with E-state index < -0.39 is 10.0 Å². The van der Waals surface area contributed by atoms with Crippen molar-refractivity contribution < 1.29 is 18.3 Å². The van der Waals surface area contributed by atoms with Crippen molar-refractivity contribution in [3.8, 4) is 11.8 Å². The summed E-state index contributed by atoms with van der Waals surface area (Å²) >= 11 is 0. The quantitative estimate of drug-likeness (QED) is 0.824. The summed E-state index contributed by atoms with van der Waals surface area (Å²) in [5, 5.41) is 8.72. The van der Waals surface area contributed by atoms with Gasteiger partial charge in [-0.3, -0.25) is 0 Å². The van der Waals surface area contributed by atoms with Crippen LogP contribution < -0.4 is 0 Å². The monoisotopic (exact) mass is 311 g/mol. The highest BCUT2D eigenvalue weighted by Gasteiger charge is 2.26. The second-order valence-electron chi connectivity index (χ2n) is 4.77. The summed E-state index contributed by atoms with van der Waals surface area (Å²) in [7, 11) is -0.548. The van der Waals surface area contributed by atoms with Crippen LogP contribution in [-0.4, -0.2) is 51.2 Å². The molecule has 0 amide bonds. The van der Waals surface area contributed by atoms with Crippen LogP contribution >= 0.6 is 0 Å². The molecule has 21 heavy (non-hydrogen) atoms. The number of benzene rings is 1. The predicted molar refractivity (Wildman–Crippen MR) is 81.4 cm³/mol. The van der Waals surface area contributed by atoms with Crippen molar-refractivity contribution in [2.24, 2.45) is 0 Å². The zero-order chi connectivity index (χ0) is 16.0. The zero-order valence-electron chi connectivity index (χ0n) is 12.8. The van der Waals surface area contributed by atoms with Crippen molar-refractivity contribution in [2.75, 3.05) is 27.4 Å². The molecule has 6 heteroatoms. The molecule has 1 aromatic rings. The number of likely N-dealkylation sites (N-methyl/N-ethyl adjacent to an activating group) is 1. The summed E-state index contributed by atoms with van der Waals surface area (Å²) in [6.45, 7) is 3.58. The maximum atomic E-state index is 12.7. The molecule has 0 heterocycles. The Balaban J connectivity index is 3.24. The maximum Gasteiger partial charge on any atom is 0.243 e. The molecule has 0 aliphatic carbocycles. The van der Waals surface area contributed by atoms with E-state index in [1.807, 2.05) is 0 Å². The molecule has 1 N–H and O–H groups in total. The van der Waals surface area contributed by atoms with Crippen molar-refractivity contribution in [1.82, 2.24) is 4.31 Å². The van der Waals surface area contributed by atoms with Gasteiger partial charge in [0.1, 0.15) is 6.61 Å². The highest BCUT2D eigenvalue weighted by atomic mass is 32.2. The van der Waals surface area contributed by atoms with E-state index in [2.05, 4.69) is 11.8 Å². The third-order valence-electron chi connectivity index (χ3n) is 3.19. The van der Waals surface area contributed by atoms with Gasteiger partial charge in [0.25, 0.3) is 0 Å². The van der Waals surface area contributed by atoms with Gasteiger partial charge >= 0.3 is 0 Å². The smallest absolute Gasteiger partial charge is 0.243 e. The van der Waals surface area contributed by atoms with Gasteiger partial charge < -0.3 is 9.84 Å². The van der Waals surface area contributed by atoms with Crippen molar-refractivity contribution in [1.29, 1.82) is 0 Å². The fraction of sp³-hybridized carbons (Fsp3) is 0.467. The van der Waals surface area contributed by atoms with Gasteiger partial charge in [0.15, 0.2) is 0 Å². The van der Waals surface area contributed by atoms with Gasteiger partial charge in [-0.2, -0.15) is 4.31 Å². The number of aliphatic hydroxyl groups is 1. The molecular weight excluding hydrogens is 290 g/mol. The molecule has 1 unspecified atom stereocenters. The number of hydrogen-bond acceptors (Lipinski definition) is 4. The maximum absolute atomic E-state index is 12.7. The number of aryl methyl sites for hydroxylation is 1. The fourth-order valence-electron chi connectivity index (χ4n) is 1.84. The summed E-state index contributed by atoms with van der Waals surface area (Å²) < 4.78 is 31.6. The predicted octanol–water partition coefficient (Wildman–Crippen LogP) is 0.994. The van der Waals surface area contributed by atoms with Crippen LogP contribution in [0.25, 0.3) is 0 Å². The van der Waals surface area contributed by atoms with Crippen LogP contribution in [-0.2, 0) is 14.8 Å². The molecule has 0 aliphatic rings. The summed E-state index contributed by atoms with van der Waals surface area (Å²) in [5.41, 5.74) is 1.21. The van der Waals surface area contributed by atoms with Crippen LogP contribution in [0.5, 0.6) is 0 Å². The lowest BCUT2D eigenvalue weighted by molar-refractivity contribution is 0.149. The molecule has 0 saturated heterocycles. The summed E-state index contributed by atoms with van der Waals surface area (Å²) in [5.74, 6) is 5.23. The van der Waals surface area contributed by atoms with E-state index in [0.717, 1.165) is 0 Å². The second-order valence-corrected chi connectivity index (χ2v) is 6.73. The van der Waals surface area contributed by atoms with Gasteiger partial charge in [0.2, 0.25) is 10.0 Å². The highest BCUT2D eigenvalue weighted by molar-refractivity contribution is 7.89. The normalized spacial score (nSPS) is 12.9. The topological polar surface area (TPSA) is 66.8 Å². The van der Waals surface area contributed by atoms with Crippen molar-refractivity contribution in [3.05, 3.63) is 29.3 Å². The first-order valence-corrected chi connectivity index (χ1v) is 7.96. The van der Waals surface area contributed by atoms with E-state index in [4.69, 9.17) is 9.84 Å². The Hall–Kier alpha value is -1.39. The molecule has 0 spiro atoms. The van der Waals surface area contributed by atoms with Crippen LogP contribution in [0.1, 0.15) is 18.1 Å². The molecule has 0 aliphatic heterocycles. The Morgan fingerprint density at radius 1 is 1.43 bits per heavy atom. The van der Waals surface area contributed by atoms with Crippen LogP contribution in [0.4, 0.5) is 0 Å². The average Bonchev–Trinajstić information content (AvgIpc) is 2.45. The number of rotatable bonds is 5. The van der Waals surface area contributed by atoms with Gasteiger partial charge in [-0.1, -0.05) is 17.9 Å². The number of hydrogen-bond donors (Lipinski definition) is 1. The third kappa shape index (κ3) is 4.29. The van der Waals surface area contributed by atoms with Gasteiger partial charge in [0.05, 0.1) is 11.5 Å². The van der Waals surface area contributed by atoms with Gasteiger partial charge in [-0.25, -0.2) is 8.42 Å². The van der Waals surface area contributed by atoms with E-state index in [1.165, 1.54) is 24.5 Å². The Labute approximate surface area is 126 Å². The highest BCUT2D eigenvalue weighted by Crippen LogP contribution is 2.21. The number of methoxy groups -OCH3 is 1. The Bertz CT molecular complexity index is 643. The first kappa shape index (κ1) is 17.7. The molecule has 5 nitrogen and oxygen atoms in total. The molecule has 0 aromatic heterocycles. The van der Waals surface area contributed by atoms with Crippen LogP contribution in [0, 0.1) is 18.8 Å². The Morgan fingerprint density at radius 3 is 2.67 bits per heavy atom. The van der Waals surface area contributed by atoms with Gasteiger partial charge in [-0.15, -0.1) is 0 Å². The molecule has 1 atom stereocenters.